The fourth-order valence-corrected chi connectivity index (χ4v) is 2.69. The van der Waals surface area contributed by atoms with Gasteiger partial charge in [0, 0.05) is 4.70 Å². The number of aryl methyl sites for hydroxylation is 1. The molecule has 0 aliphatic carbocycles. The minimum absolute atomic E-state index is 0.0827. The summed E-state index contributed by atoms with van der Waals surface area (Å²) < 4.78 is 37.8. The molecular weight excluding hydrogens is 253 g/mol. The van der Waals surface area contributed by atoms with Crippen LogP contribution in [0, 0.1) is 6.92 Å². The van der Waals surface area contributed by atoms with Crippen LogP contribution in [0.25, 0.3) is 10.1 Å². The number of thiophene rings is 1. The van der Waals surface area contributed by atoms with Crippen molar-refractivity contribution in [3.05, 3.63) is 34.2 Å². The highest BCUT2D eigenvalue weighted by molar-refractivity contribution is 7.21. The van der Waals surface area contributed by atoms with Gasteiger partial charge in [-0.15, -0.1) is 11.3 Å². The maximum absolute atomic E-state index is 12.5. The standard InChI is InChI=1S/C11H7F3O2S/c1-5-7-3-2-6(11(12,13)14)4-8(7)17-9(5)10(15)16/h2-4H,1H3,(H,15,16). The van der Waals surface area contributed by atoms with Gasteiger partial charge in [-0.3, -0.25) is 0 Å². The van der Waals surface area contributed by atoms with Gasteiger partial charge < -0.3 is 5.11 Å². The Morgan fingerprint density at radius 3 is 2.53 bits per heavy atom. The van der Waals surface area contributed by atoms with Crippen LogP contribution in [0.4, 0.5) is 13.2 Å². The number of carboxylic acids is 1. The highest BCUT2D eigenvalue weighted by atomic mass is 32.1. The smallest absolute Gasteiger partial charge is 0.416 e. The summed E-state index contributed by atoms with van der Waals surface area (Å²) in [4.78, 5) is 10.9. The van der Waals surface area contributed by atoms with Crippen LogP contribution in [-0.4, -0.2) is 11.1 Å². The average Bonchev–Trinajstić information content (AvgIpc) is 2.54. The minimum Gasteiger partial charge on any atom is -0.477 e. The van der Waals surface area contributed by atoms with Crippen LogP contribution in [-0.2, 0) is 6.18 Å². The number of carbonyl (C=O) groups is 1. The predicted octanol–water partition coefficient (Wildman–Crippen LogP) is 3.93. The summed E-state index contributed by atoms with van der Waals surface area (Å²) in [6.45, 7) is 1.59. The van der Waals surface area contributed by atoms with Crippen LogP contribution in [0.1, 0.15) is 20.8 Å². The zero-order valence-electron chi connectivity index (χ0n) is 8.63. The Bertz CT molecular complexity index is 599. The van der Waals surface area contributed by atoms with Crippen molar-refractivity contribution >= 4 is 27.4 Å². The van der Waals surface area contributed by atoms with Crippen LogP contribution in [0.5, 0.6) is 0 Å². The zero-order valence-corrected chi connectivity index (χ0v) is 9.45. The predicted molar refractivity (Wildman–Crippen MR) is 58.5 cm³/mol. The molecule has 1 aromatic carbocycles. The van der Waals surface area contributed by atoms with Crippen LogP contribution in [0.3, 0.4) is 0 Å². The van der Waals surface area contributed by atoms with Gasteiger partial charge in [-0.05, 0) is 30.0 Å². The molecule has 1 heterocycles. The molecule has 2 nitrogen and oxygen atoms in total. The Labute approximate surface area is 98.3 Å². The Kier molecular flexibility index (Phi) is 2.61. The van der Waals surface area contributed by atoms with Crippen molar-refractivity contribution < 1.29 is 23.1 Å². The van der Waals surface area contributed by atoms with E-state index in [1.807, 2.05) is 0 Å². The second-order valence-electron chi connectivity index (χ2n) is 3.57. The fraction of sp³-hybridized carbons (Fsp3) is 0.182. The van der Waals surface area contributed by atoms with Crippen LogP contribution in [0.2, 0.25) is 0 Å². The number of hydrogen-bond acceptors (Lipinski definition) is 2. The van der Waals surface area contributed by atoms with Crippen molar-refractivity contribution in [1.82, 2.24) is 0 Å². The van der Waals surface area contributed by atoms with Crippen molar-refractivity contribution in [2.75, 3.05) is 0 Å². The Morgan fingerprint density at radius 2 is 2.00 bits per heavy atom. The number of fused-ring (bicyclic) bond motifs is 1. The summed E-state index contributed by atoms with van der Waals surface area (Å²) >= 11 is 0.863. The van der Waals surface area contributed by atoms with Crippen LogP contribution < -0.4 is 0 Å². The van der Waals surface area contributed by atoms with Gasteiger partial charge in [-0.1, -0.05) is 6.07 Å². The minimum atomic E-state index is -4.41. The van der Waals surface area contributed by atoms with E-state index in [1.54, 1.807) is 6.92 Å². The van der Waals surface area contributed by atoms with Gasteiger partial charge in [0.2, 0.25) is 0 Å². The molecule has 17 heavy (non-hydrogen) atoms. The third kappa shape index (κ3) is 2.00. The first-order valence-electron chi connectivity index (χ1n) is 4.64. The summed E-state index contributed by atoms with van der Waals surface area (Å²) in [6.07, 6.45) is -4.41. The number of benzene rings is 1. The summed E-state index contributed by atoms with van der Waals surface area (Å²) in [5.41, 5.74) is -0.255. The molecule has 0 atom stereocenters. The first-order chi connectivity index (χ1) is 7.80. The molecule has 0 fully saturated rings. The van der Waals surface area contributed by atoms with Crippen LogP contribution in [0.15, 0.2) is 18.2 Å². The molecule has 6 heteroatoms. The summed E-state index contributed by atoms with van der Waals surface area (Å²) in [6, 6.07) is 3.27. The van der Waals surface area contributed by atoms with Gasteiger partial charge in [0.25, 0.3) is 0 Å². The maximum Gasteiger partial charge on any atom is 0.416 e. The maximum atomic E-state index is 12.5. The van der Waals surface area contributed by atoms with E-state index in [4.69, 9.17) is 5.11 Å². The molecule has 0 unspecified atom stereocenters. The first kappa shape index (κ1) is 11.9. The van der Waals surface area contributed by atoms with Gasteiger partial charge in [-0.2, -0.15) is 13.2 Å². The van der Waals surface area contributed by atoms with E-state index in [0.29, 0.717) is 15.6 Å². The van der Waals surface area contributed by atoms with Crippen molar-refractivity contribution in [3.63, 3.8) is 0 Å². The monoisotopic (exact) mass is 260 g/mol. The number of aromatic carboxylic acids is 1. The molecule has 0 radical (unpaired) electrons. The zero-order chi connectivity index (χ0) is 12.8. The Balaban J connectivity index is 2.68. The van der Waals surface area contributed by atoms with E-state index in [0.717, 1.165) is 23.5 Å². The second kappa shape index (κ2) is 3.73. The average molecular weight is 260 g/mol. The molecule has 1 aromatic heterocycles. The topological polar surface area (TPSA) is 37.3 Å². The molecular formula is C11H7F3O2S. The fourth-order valence-electron chi connectivity index (χ4n) is 1.61. The highest BCUT2D eigenvalue weighted by Gasteiger charge is 2.31. The van der Waals surface area contributed by atoms with E-state index < -0.39 is 17.7 Å². The van der Waals surface area contributed by atoms with Gasteiger partial charge in [0.1, 0.15) is 4.88 Å². The van der Waals surface area contributed by atoms with Gasteiger partial charge in [0.05, 0.1) is 5.56 Å². The van der Waals surface area contributed by atoms with Gasteiger partial charge >= 0.3 is 12.1 Å². The van der Waals surface area contributed by atoms with Crippen LogP contribution >= 0.6 is 11.3 Å². The lowest BCUT2D eigenvalue weighted by molar-refractivity contribution is -0.137. The lowest BCUT2D eigenvalue weighted by Gasteiger charge is -2.05. The third-order valence-electron chi connectivity index (χ3n) is 2.46. The number of rotatable bonds is 1. The molecule has 0 saturated heterocycles. The summed E-state index contributed by atoms with van der Waals surface area (Å²) in [7, 11) is 0. The molecule has 0 aliphatic rings. The lowest BCUT2D eigenvalue weighted by Crippen LogP contribution is -2.03. The number of carboxylic acid groups (broad SMARTS) is 1. The van der Waals surface area contributed by atoms with Crippen molar-refractivity contribution in [2.45, 2.75) is 13.1 Å². The third-order valence-corrected chi connectivity index (χ3v) is 3.70. The molecule has 90 valence electrons. The van der Waals surface area contributed by atoms with E-state index in [2.05, 4.69) is 0 Å². The van der Waals surface area contributed by atoms with E-state index in [1.165, 1.54) is 6.07 Å². The molecule has 2 aromatic rings. The van der Waals surface area contributed by atoms with Gasteiger partial charge in [-0.25, -0.2) is 4.79 Å². The lowest BCUT2D eigenvalue weighted by atomic mass is 10.1. The van der Waals surface area contributed by atoms with Crippen molar-refractivity contribution in [1.29, 1.82) is 0 Å². The molecule has 0 saturated carbocycles. The quantitative estimate of drug-likeness (QED) is 0.843. The second-order valence-corrected chi connectivity index (χ2v) is 4.62. The first-order valence-corrected chi connectivity index (χ1v) is 5.46. The molecule has 0 spiro atoms. The summed E-state index contributed by atoms with van der Waals surface area (Å²) in [5.74, 6) is -1.11. The number of alkyl halides is 3. The van der Waals surface area contributed by atoms with Crippen molar-refractivity contribution in [2.24, 2.45) is 0 Å². The molecule has 0 aliphatic heterocycles. The highest BCUT2D eigenvalue weighted by Crippen LogP contribution is 2.36. The number of hydrogen-bond donors (Lipinski definition) is 1. The molecule has 0 bridgehead atoms. The Morgan fingerprint density at radius 1 is 1.35 bits per heavy atom. The molecule has 1 N–H and O–H groups in total. The van der Waals surface area contributed by atoms with E-state index >= 15 is 0 Å². The number of halogens is 3. The summed E-state index contributed by atoms with van der Waals surface area (Å²) in [5, 5.41) is 9.44. The SMILES string of the molecule is Cc1c(C(=O)O)sc2cc(C(F)(F)F)ccc12. The van der Waals surface area contributed by atoms with Crippen molar-refractivity contribution in [3.8, 4) is 0 Å². The largest absolute Gasteiger partial charge is 0.477 e. The Hall–Kier alpha value is -1.56. The van der Waals surface area contributed by atoms with Gasteiger partial charge in [0.15, 0.2) is 0 Å². The van der Waals surface area contributed by atoms with E-state index in [9.17, 15) is 18.0 Å². The molecule has 0 amide bonds. The molecule has 2 rings (SSSR count). The van der Waals surface area contributed by atoms with E-state index in [-0.39, 0.29) is 4.88 Å². The normalized spacial score (nSPS) is 12.0.